The van der Waals surface area contributed by atoms with Gasteiger partial charge in [0, 0.05) is 41.0 Å². The van der Waals surface area contributed by atoms with E-state index in [1.165, 1.54) is 6.33 Å². The molecule has 0 unspecified atom stereocenters. The number of ether oxygens (including phenoxy) is 1. The van der Waals surface area contributed by atoms with Gasteiger partial charge in [-0.15, -0.1) is 0 Å². The van der Waals surface area contributed by atoms with Crippen LogP contribution in [0.25, 0.3) is 28.0 Å². The van der Waals surface area contributed by atoms with E-state index in [-0.39, 0.29) is 5.91 Å². The molecule has 6 rings (SSSR count). The van der Waals surface area contributed by atoms with Crippen molar-refractivity contribution in [1.82, 2.24) is 25.0 Å². The third-order valence-electron chi connectivity index (χ3n) is 6.13. The number of benzene rings is 3. The van der Waals surface area contributed by atoms with Crippen molar-refractivity contribution in [3.05, 3.63) is 84.8 Å². The zero-order valence-corrected chi connectivity index (χ0v) is 18.9. The van der Waals surface area contributed by atoms with Crippen molar-refractivity contribution in [1.29, 1.82) is 0 Å². The van der Waals surface area contributed by atoms with E-state index >= 15 is 0 Å². The maximum atomic E-state index is 12.8. The Kier molecular flexibility index (Phi) is 5.44. The largest absolute Gasteiger partial charge is 0.378 e. The number of aromatic amines is 1. The first-order valence-electron chi connectivity index (χ1n) is 11.4. The molecule has 0 bridgehead atoms. The number of fused-ring (bicyclic) bond motifs is 1. The molecule has 0 aliphatic carbocycles. The highest BCUT2D eigenvalue weighted by atomic mass is 16.5. The van der Waals surface area contributed by atoms with Gasteiger partial charge < -0.3 is 15.0 Å². The lowest BCUT2D eigenvalue weighted by atomic mass is 10.1. The van der Waals surface area contributed by atoms with Crippen LogP contribution in [0.15, 0.2) is 79.3 Å². The van der Waals surface area contributed by atoms with Crippen molar-refractivity contribution >= 4 is 28.2 Å². The smallest absolute Gasteiger partial charge is 0.255 e. The molecule has 3 heterocycles. The van der Waals surface area contributed by atoms with Crippen molar-refractivity contribution in [2.75, 3.05) is 36.5 Å². The summed E-state index contributed by atoms with van der Waals surface area (Å²) in [7, 11) is 0. The van der Waals surface area contributed by atoms with E-state index in [0.29, 0.717) is 11.4 Å². The Balaban J connectivity index is 1.18. The fourth-order valence-electron chi connectivity index (χ4n) is 4.25. The summed E-state index contributed by atoms with van der Waals surface area (Å²) in [5.41, 5.74) is 5.19. The van der Waals surface area contributed by atoms with Gasteiger partial charge in [-0.05, 0) is 54.6 Å². The van der Waals surface area contributed by atoms with Gasteiger partial charge in [-0.2, -0.15) is 10.2 Å². The minimum atomic E-state index is -0.159. The Labute approximate surface area is 201 Å². The third kappa shape index (κ3) is 4.24. The predicted molar refractivity (Wildman–Crippen MR) is 134 cm³/mol. The van der Waals surface area contributed by atoms with E-state index in [2.05, 4.69) is 30.5 Å². The molecule has 9 nitrogen and oxygen atoms in total. The molecule has 174 valence electrons. The molecule has 0 radical (unpaired) electrons. The van der Waals surface area contributed by atoms with Crippen LogP contribution < -0.4 is 10.2 Å². The highest BCUT2D eigenvalue weighted by Gasteiger charge is 2.13. The molecular weight excluding hydrogens is 442 g/mol. The van der Waals surface area contributed by atoms with E-state index in [9.17, 15) is 4.79 Å². The summed E-state index contributed by atoms with van der Waals surface area (Å²) in [6.07, 6.45) is 3.31. The van der Waals surface area contributed by atoms with Crippen molar-refractivity contribution in [2.45, 2.75) is 0 Å². The maximum absolute atomic E-state index is 12.8. The fourth-order valence-corrected chi connectivity index (χ4v) is 4.25. The second-order valence-electron chi connectivity index (χ2n) is 8.31. The molecule has 1 amide bonds. The van der Waals surface area contributed by atoms with Crippen LogP contribution in [0.1, 0.15) is 10.4 Å². The number of aromatic nitrogens is 5. The van der Waals surface area contributed by atoms with Gasteiger partial charge in [0.05, 0.1) is 30.6 Å². The lowest BCUT2D eigenvalue weighted by Crippen LogP contribution is -2.36. The Bertz CT molecular complexity index is 1450. The van der Waals surface area contributed by atoms with Crippen molar-refractivity contribution in [3.63, 3.8) is 0 Å². The summed E-state index contributed by atoms with van der Waals surface area (Å²) in [6, 6.07) is 21.3. The van der Waals surface area contributed by atoms with E-state index in [0.717, 1.165) is 59.8 Å². The van der Waals surface area contributed by atoms with Crippen molar-refractivity contribution in [2.24, 2.45) is 0 Å². The lowest BCUT2D eigenvalue weighted by molar-refractivity contribution is 0.102. The van der Waals surface area contributed by atoms with Gasteiger partial charge in [0.2, 0.25) is 0 Å². The molecule has 2 aromatic heterocycles. The van der Waals surface area contributed by atoms with Crippen molar-refractivity contribution < 1.29 is 9.53 Å². The van der Waals surface area contributed by atoms with Gasteiger partial charge in [0.15, 0.2) is 5.82 Å². The first-order chi connectivity index (χ1) is 17.2. The molecule has 0 spiro atoms. The number of hydrogen-bond donors (Lipinski definition) is 2. The molecule has 1 aliphatic heterocycles. The topological polar surface area (TPSA) is 101 Å². The van der Waals surface area contributed by atoms with Crippen LogP contribution in [0.2, 0.25) is 0 Å². The van der Waals surface area contributed by atoms with Crippen LogP contribution in [0, 0.1) is 0 Å². The number of nitrogens with one attached hydrogen (secondary N) is 2. The molecule has 0 saturated carbocycles. The summed E-state index contributed by atoms with van der Waals surface area (Å²) in [4.78, 5) is 19.3. The minimum absolute atomic E-state index is 0.159. The van der Waals surface area contributed by atoms with Crippen molar-refractivity contribution in [3.8, 4) is 17.1 Å². The molecule has 5 aromatic rings. The van der Waals surface area contributed by atoms with Gasteiger partial charge in [0.25, 0.3) is 5.91 Å². The molecule has 1 aliphatic rings. The summed E-state index contributed by atoms with van der Waals surface area (Å²) in [5.74, 6) is 0.540. The average molecular weight is 466 g/mol. The second kappa shape index (κ2) is 9.03. The number of nitrogens with zero attached hydrogens (tertiary/aromatic N) is 5. The third-order valence-corrected chi connectivity index (χ3v) is 6.13. The Morgan fingerprint density at radius 2 is 1.71 bits per heavy atom. The number of rotatable bonds is 5. The number of H-pyrrole nitrogens is 1. The summed E-state index contributed by atoms with van der Waals surface area (Å²) in [6.45, 7) is 3.24. The van der Waals surface area contributed by atoms with Crippen LogP contribution in [-0.2, 0) is 4.74 Å². The van der Waals surface area contributed by atoms with Gasteiger partial charge in [-0.3, -0.25) is 9.89 Å². The normalized spacial score (nSPS) is 13.8. The van der Waals surface area contributed by atoms with Crippen LogP contribution in [0.4, 0.5) is 11.4 Å². The Morgan fingerprint density at radius 3 is 2.46 bits per heavy atom. The van der Waals surface area contributed by atoms with E-state index < -0.39 is 0 Å². The van der Waals surface area contributed by atoms with Gasteiger partial charge in [-0.1, -0.05) is 12.1 Å². The number of hydrogen-bond acceptors (Lipinski definition) is 6. The zero-order valence-electron chi connectivity index (χ0n) is 18.9. The number of morpholine rings is 1. The quantitative estimate of drug-likeness (QED) is 0.408. The van der Waals surface area contributed by atoms with Crippen LogP contribution >= 0.6 is 0 Å². The first kappa shape index (κ1) is 21.1. The zero-order chi connectivity index (χ0) is 23.6. The molecule has 3 aromatic carbocycles. The Morgan fingerprint density at radius 1 is 0.943 bits per heavy atom. The fraction of sp³-hybridized carbons (Fsp3) is 0.154. The van der Waals surface area contributed by atoms with E-state index in [4.69, 9.17) is 4.74 Å². The molecule has 35 heavy (non-hydrogen) atoms. The highest BCUT2D eigenvalue weighted by Crippen LogP contribution is 2.24. The summed E-state index contributed by atoms with van der Waals surface area (Å²) < 4.78 is 7.26. The van der Waals surface area contributed by atoms with E-state index in [1.54, 1.807) is 12.1 Å². The second-order valence-corrected chi connectivity index (χ2v) is 8.31. The predicted octanol–water partition coefficient (Wildman–Crippen LogP) is 3.90. The molecule has 1 fully saturated rings. The molecule has 1 saturated heterocycles. The maximum Gasteiger partial charge on any atom is 0.255 e. The number of carbonyl (C=O) groups excluding carboxylic acids is 1. The highest BCUT2D eigenvalue weighted by molar-refractivity contribution is 6.04. The molecule has 0 atom stereocenters. The van der Waals surface area contributed by atoms with Crippen LogP contribution in [-0.4, -0.2) is 57.2 Å². The van der Waals surface area contributed by atoms with Gasteiger partial charge in [-0.25, -0.2) is 9.67 Å². The summed E-state index contributed by atoms with van der Waals surface area (Å²) in [5, 5.41) is 15.3. The van der Waals surface area contributed by atoms with Crippen LogP contribution in [0.3, 0.4) is 0 Å². The summed E-state index contributed by atoms with van der Waals surface area (Å²) >= 11 is 0. The van der Waals surface area contributed by atoms with Gasteiger partial charge in [0.1, 0.15) is 6.33 Å². The number of anilines is 2. The Hall–Kier alpha value is -4.50. The van der Waals surface area contributed by atoms with Gasteiger partial charge >= 0.3 is 0 Å². The first-order valence-corrected chi connectivity index (χ1v) is 11.4. The van der Waals surface area contributed by atoms with Crippen LogP contribution in [0.5, 0.6) is 0 Å². The minimum Gasteiger partial charge on any atom is -0.378 e. The molecule has 9 heteroatoms. The number of carbonyl (C=O) groups is 1. The molecular formula is C26H23N7O2. The van der Waals surface area contributed by atoms with E-state index in [1.807, 2.05) is 65.5 Å². The lowest BCUT2D eigenvalue weighted by Gasteiger charge is -2.28. The average Bonchev–Trinajstić information content (AvgIpc) is 3.60. The standard InChI is InChI=1S/C26H23N7O2/c34-26(30-21-5-9-22(10-6-21)32-11-13-35-14-12-32)18-3-7-23(8-4-18)33-24-15-19(25-27-17-28-31-25)1-2-20(24)16-29-33/h1-10,15-17H,11-14H2,(H,30,34)(H,27,28,31). The molecule has 2 N–H and O–H groups in total. The number of amides is 1. The monoisotopic (exact) mass is 465 g/mol. The SMILES string of the molecule is O=C(Nc1ccc(N2CCOCC2)cc1)c1ccc(-n2ncc3ccc(-c4ncn[nH]4)cc32)cc1.